The Bertz CT molecular complexity index is 611. The summed E-state index contributed by atoms with van der Waals surface area (Å²) in [6, 6.07) is 10.4. The number of hydrogen-bond donors (Lipinski definition) is 0. The molecular formula is C18H16NiO2S. The fourth-order valence-electron chi connectivity index (χ4n) is 2.09. The van der Waals surface area contributed by atoms with Crippen molar-refractivity contribution in [1.29, 1.82) is 0 Å². The summed E-state index contributed by atoms with van der Waals surface area (Å²) < 4.78 is 0. The zero-order valence-corrected chi connectivity index (χ0v) is 13.8. The van der Waals surface area contributed by atoms with Crippen molar-refractivity contribution < 1.29 is 26.7 Å². The Morgan fingerprint density at radius 2 is 1.23 bits per heavy atom. The van der Waals surface area contributed by atoms with E-state index in [2.05, 4.69) is 13.2 Å². The molecule has 0 aliphatic heterocycles. The second kappa shape index (κ2) is 8.72. The topological polar surface area (TPSA) is 46.1 Å². The smallest absolute Gasteiger partial charge is 0.872 e. The molecule has 0 amide bonds. The number of allylic oxidation sites excluding steroid dienone is 2. The van der Waals surface area contributed by atoms with Crippen LogP contribution in [0.2, 0.25) is 0 Å². The molecule has 4 heteroatoms. The fourth-order valence-corrected chi connectivity index (χ4v) is 3.24. The van der Waals surface area contributed by atoms with Gasteiger partial charge in [0.2, 0.25) is 0 Å². The van der Waals surface area contributed by atoms with Gasteiger partial charge in [0, 0.05) is 9.79 Å². The predicted octanol–water partition coefficient (Wildman–Crippen LogP) is 3.44. The van der Waals surface area contributed by atoms with E-state index in [-0.39, 0.29) is 28.0 Å². The molecule has 0 spiro atoms. The molecule has 2 aromatic carbocycles. The summed E-state index contributed by atoms with van der Waals surface area (Å²) in [6.07, 6.45) is 4.48. The first kappa shape index (κ1) is 18.4. The first-order chi connectivity index (χ1) is 10.2. The Kier molecular flexibility index (Phi) is 7.30. The molecule has 0 atom stereocenters. The van der Waals surface area contributed by atoms with Gasteiger partial charge in [0.15, 0.2) is 0 Å². The normalized spacial score (nSPS) is 9.82. The van der Waals surface area contributed by atoms with E-state index >= 15 is 0 Å². The van der Waals surface area contributed by atoms with Gasteiger partial charge in [-0.3, -0.25) is 0 Å². The molecule has 0 fully saturated rings. The van der Waals surface area contributed by atoms with Crippen molar-refractivity contribution in [2.45, 2.75) is 22.6 Å². The Morgan fingerprint density at radius 1 is 0.818 bits per heavy atom. The fraction of sp³-hybridized carbons (Fsp3) is 0.111. The molecule has 0 aliphatic rings. The standard InChI is InChI=1S/C18H18O2S.Ni/c1-3-7-13-15(19)9-5-11-17(13)21-18-12-6-10-16(20)14(18)8-4-2;/h3-6,9-12,19-20H,1-2,7-8H2;/q;+2/p-2. The molecule has 0 N–H and O–H groups in total. The van der Waals surface area contributed by atoms with E-state index in [1.54, 1.807) is 36.4 Å². The molecule has 2 nitrogen and oxygen atoms in total. The average Bonchev–Trinajstić information content (AvgIpc) is 2.46. The minimum atomic E-state index is 0. The number of rotatable bonds is 6. The van der Waals surface area contributed by atoms with Crippen LogP contribution < -0.4 is 10.2 Å². The molecule has 0 unspecified atom stereocenters. The molecule has 0 aromatic heterocycles. The van der Waals surface area contributed by atoms with Gasteiger partial charge >= 0.3 is 16.5 Å². The molecule has 0 saturated heterocycles. The second-order valence-corrected chi connectivity index (χ2v) is 5.64. The van der Waals surface area contributed by atoms with E-state index in [0.29, 0.717) is 12.8 Å². The molecule has 116 valence electrons. The molecule has 22 heavy (non-hydrogen) atoms. The van der Waals surface area contributed by atoms with Gasteiger partial charge in [0.1, 0.15) is 0 Å². The van der Waals surface area contributed by atoms with Crippen LogP contribution in [0.3, 0.4) is 0 Å². The van der Waals surface area contributed by atoms with Gasteiger partial charge in [0.05, 0.1) is 0 Å². The minimum Gasteiger partial charge on any atom is -0.872 e. The second-order valence-electron chi connectivity index (χ2n) is 4.55. The van der Waals surface area contributed by atoms with Crippen LogP contribution in [0.1, 0.15) is 11.1 Å². The molecule has 0 saturated carbocycles. The number of benzene rings is 2. The molecule has 0 aliphatic carbocycles. The van der Waals surface area contributed by atoms with Crippen molar-refractivity contribution in [1.82, 2.24) is 0 Å². The summed E-state index contributed by atoms with van der Waals surface area (Å²) in [6.45, 7) is 7.39. The Labute approximate surface area is 145 Å². The van der Waals surface area contributed by atoms with E-state index in [0.717, 1.165) is 20.9 Å². The van der Waals surface area contributed by atoms with Crippen molar-refractivity contribution in [2.24, 2.45) is 0 Å². The van der Waals surface area contributed by atoms with Crippen LogP contribution in [0.5, 0.6) is 11.5 Å². The molecule has 2 rings (SSSR count). The van der Waals surface area contributed by atoms with Crippen molar-refractivity contribution in [2.75, 3.05) is 0 Å². The van der Waals surface area contributed by atoms with Gasteiger partial charge in [-0.05, 0) is 36.1 Å². The van der Waals surface area contributed by atoms with E-state index in [1.807, 2.05) is 12.1 Å². The van der Waals surface area contributed by atoms with Gasteiger partial charge in [-0.15, -0.1) is 24.7 Å². The van der Waals surface area contributed by atoms with Crippen LogP contribution >= 0.6 is 11.8 Å². The van der Waals surface area contributed by atoms with Crippen LogP contribution in [-0.2, 0) is 29.3 Å². The summed E-state index contributed by atoms with van der Waals surface area (Å²) in [5, 5.41) is 23.9. The summed E-state index contributed by atoms with van der Waals surface area (Å²) in [5.41, 5.74) is 1.44. The molecule has 0 heterocycles. The van der Waals surface area contributed by atoms with Crippen molar-refractivity contribution in [3.63, 3.8) is 0 Å². The van der Waals surface area contributed by atoms with Gasteiger partial charge in [-0.2, -0.15) is 0 Å². The van der Waals surface area contributed by atoms with Crippen molar-refractivity contribution >= 4 is 11.8 Å². The molecule has 2 aromatic rings. The van der Waals surface area contributed by atoms with E-state index in [4.69, 9.17) is 0 Å². The molecule has 0 bridgehead atoms. The summed E-state index contributed by atoms with van der Waals surface area (Å²) >= 11 is 1.45. The molecule has 0 radical (unpaired) electrons. The summed E-state index contributed by atoms with van der Waals surface area (Å²) in [5.74, 6) is 0.00639. The SMILES string of the molecule is C=CCc1c([O-])cccc1Sc1cccc([O-])c1CC=C.[Ni+2]. The monoisotopic (exact) mass is 354 g/mol. The van der Waals surface area contributed by atoms with Gasteiger partial charge in [-0.1, -0.05) is 48.2 Å². The van der Waals surface area contributed by atoms with Crippen LogP contribution in [0, 0.1) is 0 Å². The van der Waals surface area contributed by atoms with Crippen molar-refractivity contribution in [3.8, 4) is 11.5 Å². The van der Waals surface area contributed by atoms with Gasteiger partial charge < -0.3 is 10.2 Å². The van der Waals surface area contributed by atoms with Crippen LogP contribution in [0.15, 0.2) is 71.5 Å². The summed E-state index contributed by atoms with van der Waals surface area (Å²) in [7, 11) is 0. The maximum absolute atomic E-state index is 12.0. The van der Waals surface area contributed by atoms with E-state index < -0.39 is 0 Å². The molecular weight excluding hydrogens is 339 g/mol. The largest absolute Gasteiger partial charge is 2.00 e. The van der Waals surface area contributed by atoms with Crippen LogP contribution in [0.4, 0.5) is 0 Å². The zero-order chi connectivity index (χ0) is 15.2. The minimum absolute atomic E-state index is 0. The third kappa shape index (κ3) is 4.19. The van der Waals surface area contributed by atoms with Crippen molar-refractivity contribution in [3.05, 3.63) is 72.8 Å². The number of hydrogen-bond acceptors (Lipinski definition) is 3. The van der Waals surface area contributed by atoms with Crippen LogP contribution in [-0.4, -0.2) is 0 Å². The van der Waals surface area contributed by atoms with Crippen LogP contribution in [0.25, 0.3) is 0 Å². The van der Waals surface area contributed by atoms with Gasteiger partial charge in [-0.25, -0.2) is 0 Å². The predicted molar refractivity (Wildman–Crippen MR) is 83.7 cm³/mol. The maximum atomic E-state index is 12.0. The third-order valence-corrected chi connectivity index (χ3v) is 4.30. The Balaban J connectivity index is 0.00000242. The first-order valence-electron chi connectivity index (χ1n) is 6.64. The quantitative estimate of drug-likeness (QED) is 0.589. The zero-order valence-electron chi connectivity index (χ0n) is 12.0. The third-order valence-electron chi connectivity index (χ3n) is 3.10. The maximum Gasteiger partial charge on any atom is 2.00 e. The van der Waals surface area contributed by atoms with Gasteiger partial charge in [0.25, 0.3) is 0 Å². The Hall–Kier alpha value is -1.64. The first-order valence-corrected chi connectivity index (χ1v) is 7.46. The summed E-state index contributed by atoms with van der Waals surface area (Å²) in [4.78, 5) is 1.75. The average molecular weight is 355 g/mol. The van der Waals surface area contributed by atoms with E-state index in [9.17, 15) is 10.2 Å². The Morgan fingerprint density at radius 3 is 1.59 bits per heavy atom. The van der Waals surface area contributed by atoms with E-state index in [1.165, 1.54) is 11.8 Å².